The minimum atomic E-state index is -0.486. The van der Waals surface area contributed by atoms with Crippen LogP contribution in [-0.2, 0) is 11.3 Å². The summed E-state index contributed by atoms with van der Waals surface area (Å²) in [5.74, 6) is 1.04. The van der Waals surface area contributed by atoms with Gasteiger partial charge in [-0.3, -0.25) is 14.9 Å². The Morgan fingerprint density at radius 2 is 1.89 bits per heavy atom. The second-order valence-electron chi connectivity index (χ2n) is 5.71. The highest BCUT2D eigenvalue weighted by Gasteiger charge is 2.09. The lowest BCUT2D eigenvalue weighted by Crippen LogP contribution is -2.29. The van der Waals surface area contributed by atoms with Gasteiger partial charge in [0.2, 0.25) is 5.91 Å². The molecule has 0 saturated heterocycles. The summed E-state index contributed by atoms with van der Waals surface area (Å²) in [4.78, 5) is 22.2. The molecule has 0 unspecified atom stereocenters. The molecule has 1 aromatic heterocycles. The van der Waals surface area contributed by atoms with Crippen molar-refractivity contribution >= 4 is 28.9 Å². The van der Waals surface area contributed by atoms with Gasteiger partial charge in [0.1, 0.15) is 11.5 Å². The van der Waals surface area contributed by atoms with Gasteiger partial charge in [-0.1, -0.05) is 17.7 Å². The number of nitrogens with one attached hydrogen (secondary N) is 2. The summed E-state index contributed by atoms with van der Waals surface area (Å²) in [6.45, 7) is 0.231. The summed E-state index contributed by atoms with van der Waals surface area (Å²) in [6, 6.07) is 16.9. The number of nitro benzene ring substituents is 1. The van der Waals surface area contributed by atoms with E-state index in [9.17, 15) is 14.9 Å². The lowest BCUT2D eigenvalue weighted by Gasteiger charge is -2.07. The van der Waals surface area contributed by atoms with E-state index in [4.69, 9.17) is 16.0 Å². The monoisotopic (exact) mass is 385 g/mol. The minimum absolute atomic E-state index is 0.00802. The summed E-state index contributed by atoms with van der Waals surface area (Å²) in [5, 5.41) is 17.0. The molecule has 0 bridgehead atoms. The topological polar surface area (TPSA) is 97.4 Å². The number of benzene rings is 2. The molecular formula is C19H16ClN3O4. The van der Waals surface area contributed by atoms with E-state index in [-0.39, 0.29) is 24.7 Å². The number of nitrogens with zero attached hydrogens (tertiary/aromatic N) is 1. The number of non-ortho nitro benzene ring substituents is 1. The van der Waals surface area contributed by atoms with E-state index in [0.717, 1.165) is 5.56 Å². The molecule has 3 rings (SSSR count). The van der Waals surface area contributed by atoms with Crippen molar-refractivity contribution < 1.29 is 14.1 Å². The Labute approximate surface area is 160 Å². The Kier molecular flexibility index (Phi) is 5.73. The van der Waals surface area contributed by atoms with Crippen molar-refractivity contribution in [1.29, 1.82) is 0 Å². The van der Waals surface area contributed by atoms with Crippen LogP contribution in [-0.4, -0.2) is 17.4 Å². The molecule has 0 saturated carbocycles. The van der Waals surface area contributed by atoms with Gasteiger partial charge in [0.25, 0.3) is 5.69 Å². The zero-order valence-electron chi connectivity index (χ0n) is 14.1. The average molecular weight is 386 g/mol. The predicted molar refractivity (Wildman–Crippen MR) is 103 cm³/mol. The molecule has 0 spiro atoms. The summed E-state index contributed by atoms with van der Waals surface area (Å²) in [6.07, 6.45) is 0. The fourth-order valence-corrected chi connectivity index (χ4v) is 2.53. The number of furan rings is 1. The molecule has 2 aromatic carbocycles. The lowest BCUT2D eigenvalue weighted by molar-refractivity contribution is -0.384. The number of hydrogen-bond acceptors (Lipinski definition) is 5. The molecule has 0 radical (unpaired) electrons. The molecule has 1 heterocycles. The van der Waals surface area contributed by atoms with Crippen molar-refractivity contribution in [3.63, 3.8) is 0 Å². The van der Waals surface area contributed by atoms with Crippen LogP contribution in [0.5, 0.6) is 0 Å². The van der Waals surface area contributed by atoms with E-state index in [1.54, 1.807) is 30.3 Å². The normalized spacial score (nSPS) is 10.4. The maximum atomic E-state index is 12.0. The predicted octanol–water partition coefficient (Wildman–Crippen LogP) is 4.24. The molecule has 0 fully saturated rings. The van der Waals surface area contributed by atoms with E-state index >= 15 is 0 Å². The summed E-state index contributed by atoms with van der Waals surface area (Å²) >= 11 is 5.87. The first-order valence-electron chi connectivity index (χ1n) is 8.11. The van der Waals surface area contributed by atoms with Crippen LogP contribution in [0.15, 0.2) is 65.1 Å². The third-order valence-corrected chi connectivity index (χ3v) is 4.01. The summed E-state index contributed by atoms with van der Waals surface area (Å²) < 4.78 is 5.71. The van der Waals surface area contributed by atoms with Gasteiger partial charge in [-0.05, 0) is 42.5 Å². The highest BCUT2D eigenvalue weighted by atomic mass is 35.5. The van der Waals surface area contributed by atoms with Gasteiger partial charge in [-0.2, -0.15) is 0 Å². The van der Waals surface area contributed by atoms with Crippen molar-refractivity contribution in [3.05, 3.63) is 81.6 Å². The van der Waals surface area contributed by atoms with Crippen molar-refractivity contribution in [2.24, 2.45) is 0 Å². The number of carbonyl (C=O) groups is 1. The van der Waals surface area contributed by atoms with Crippen LogP contribution in [0.4, 0.5) is 11.4 Å². The summed E-state index contributed by atoms with van der Waals surface area (Å²) in [7, 11) is 0. The lowest BCUT2D eigenvalue weighted by atomic mass is 10.2. The number of anilines is 1. The zero-order chi connectivity index (χ0) is 19.2. The number of carbonyl (C=O) groups excluding carboxylic acids is 1. The molecule has 138 valence electrons. The smallest absolute Gasteiger partial charge is 0.271 e. The zero-order valence-corrected chi connectivity index (χ0v) is 14.9. The molecule has 0 atom stereocenters. The Morgan fingerprint density at radius 3 is 2.63 bits per heavy atom. The van der Waals surface area contributed by atoms with Crippen molar-refractivity contribution in [1.82, 2.24) is 5.32 Å². The highest BCUT2D eigenvalue weighted by molar-refractivity contribution is 6.30. The molecule has 3 aromatic rings. The average Bonchev–Trinajstić information content (AvgIpc) is 3.14. The second kappa shape index (κ2) is 8.37. The molecule has 2 N–H and O–H groups in total. The van der Waals surface area contributed by atoms with Gasteiger partial charge in [0, 0.05) is 28.4 Å². The number of hydrogen-bond donors (Lipinski definition) is 2. The number of nitro groups is 1. The van der Waals surface area contributed by atoms with Gasteiger partial charge >= 0.3 is 0 Å². The van der Waals surface area contributed by atoms with E-state index < -0.39 is 4.92 Å². The Morgan fingerprint density at radius 1 is 1.11 bits per heavy atom. The first-order chi connectivity index (χ1) is 13.0. The minimum Gasteiger partial charge on any atom is -0.459 e. The van der Waals surface area contributed by atoms with Crippen molar-refractivity contribution in [2.75, 3.05) is 11.9 Å². The number of halogens is 1. The van der Waals surface area contributed by atoms with E-state index in [2.05, 4.69) is 10.6 Å². The standard InChI is InChI=1S/C19H16ClN3O4/c20-14-6-4-13(5-7-14)18-9-8-17(27-18)11-22-19(24)12-21-15-2-1-3-16(10-15)23(25)26/h1-10,21H,11-12H2,(H,22,24). The fraction of sp³-hybridized carbons (Fsp3) is 0.105. The molecule has 0 aliphatic carbocycles. The van der Waals surface area contributed by atoms with Crippen LogP contribution in [0.2, 0.25) is 5.02 Å². The molecular weight excluding hydrogens is 370 g/mol. The second-order valence-corrected chi connectivity index (χ2v) is 6.15. The van der Waals surface area contributed by atoms with Crippen molar-refractivity contribution in [3.8, 4) is 11.3 Å². The van der Waals surface area contributed by atoms with Crippen LogP contribution in [0.1, 0.15) is 5.76 Å². The first kappa shape index (κ1) is 18.5. The van der Waals surface area contributed by atoms with Crippen molar-refractivity contribution in [2.45, 2.75) is 6.54 Å². The Bertz CT molecular complexity index is 954. The number of amides is 1. The van der Waals surface area contributed by atoms with Gasteiger partial charge < -0.3 is 15.1 Å². The number of rotatable bonds is 7. The molecule has 0 aliphatic heterocycles. The van der Waals surface area contributed by atoms with Crippen LogP contribution in [0.3, 0.4) is 0 Å². The highest BCUT2D eigenvalue weighted by Crippen LogP contribution is 2.23. The molecule has 8 heteroatoms. The summed E-state index contributed by atoms with van der Waals surface area (Å²) in [5.41, 5.74) is 1.36. The van der Waals surface area contributed by atoms with E-state index in [1.807, 2.05) is 18.2 Å². The van der Waals surface area contributed by atoms with Gasteiger partial charge in [-0.25, -0.2) is 0 Å². The molecule has 27 heavy (non-hydrogen) atoms. The maximum Gasteiger partial charge on any atom is 0.271 e. The van der Waals surface area contributed by atoms with E-state index in [1.165, 1.54) is 12.1 Å². The molecule has 1 amide bonds. The van der Waals surface area contributed by atoms with Crippen LogP contribution >= 0.6 is 11.6 Å². The maximum absolute atomic E-state index is 12.0. The first-order valence-corrected chi connectivity index (χ1v) is 8.49. The fourth-order valence-electron chi connectivity index (χ4n) is 2.40. The van der Waals surface area contributed by atoms with Gasteiger partial charge in [-0.15, -0.1) is 0 Å². The Balaban J connectivity index is 1.50. The van der Waals surface area contributed by atoms with Gasteiger partial charge in [0.05, 0.1) is 18.0 Å². The third-order valence-electron chi connectivity index (χ3n) is 3.76. The van der Waals surface area contributed by atoms with Crippen LogP contribution < -0.4 is 10.6 Å². The van der Waals surface area contributed by atoms with E-state index in [0.29, 0.717) is 22.2 Å². The Hall–Kier alpha value is -3.32. The largest absolute Gasteiger partial charge is 0.459 e. The SMILES string of the molecule is O=C(CNc1cccc([N+](=O)[O-])c1)NCc1ccc(-c2ccc(Cl)cc2)o1. The van der Waals surface area contributed by atoms with Crippen LogP contribution in [0, 0.1) is 10.1 Å². The third kappa shape index (κ3) is 5.08. The molecule has 0 aliphatic rings. The molecule has 7 nitrogen and oxygen atoms in total. The quantitative estimate of drug-likeness (QED) is 0.468. The van der Waals surface area contributed by atoms with Gasteiger partial charge in [0.15, 0.2) is 0 Å². The van der Waals surface area contributed by atoms with Crippen LogP contribution in [0.25, 0.3) is 11.3 Å².